The maximum atomic E-state index is 13.2. The number of esters is 1. The van der Waals surface area contributed by atoms with Gasteiger partial charge in [0.1, 0.15) is 42.9 Å². The molecule has 0 bridgehead atoms. The lowest BCUT2D eigenvalue weighted by molar-refractivity contribution is -0.343. The third kappa shape index (κ3) is 13.3. The molecule has 0 saturated carbocycles. The molecule has 4 N–H and O–H groups in total. The van der Waals surface area contributed by atoms with E-state index in [2.05, 4.69) is 11.5 Å². The Morgan fingerprint density at radius 3 is 2.20 bits per heavy atom. The number of carbonyl (C=O) groups excluding carboxylic acids is 2. The summed E-state index contributed by atoms with van der Waals surface area (Å²) < 4.78 is 50.1. The number of aliphatic hydroxyl groups is 4. The molecule has 0 amide bonds. The maximum Gasteiger partial charge on any atom is 0.308 e. The number of cyclic esters (lactones) is 1. The van der Waals surface area contributed by atoms with Gasteiger partial charge in [-0.25, -0.2) is 0 Å². The quantitative estimate of drug-likeness (QED) is 0.127. The van der Waals surface area contributed by atoms with Crippen molar-refractivity contribution in [3.8, 4) is 0 Å². The van der Waals surface area contributed by atoms with Crippen LogP contribution < -0.4 is 0 Å². The third-order valence-corrected chi connectivity index (χ3v) is 12.4. The monoisotopic (exact) mass is 855 g/mol. The predicted octanol–water partition coefficient (Wildman–Crippen LogP) is 2.84. The van der Waals surface area contributed by atoms with E-state index in [0.717, 1.165) is 19.0 Å². The maximum absolute atomic E-state index is 13.2. The number of aliphatic hydroxyl groups excluding tert-OH is 3. The second-order valence-corrected chi connectivity index (χ2v) is 17.9. The minimum absolute atomic E-state index is 0.0239. The van der Waals surface area contributed by atoms with Crippen molar-refractivity contribution in [3.63, 3.8) is 0 Å². The minimum atomic E-state index is -1.48. The van der Waals surface area contributed by atoms with Crippen LogP contribution in [-0.4, -0.2) is 174 Å². The van der Waals surface area contributed by atoms with E-state index in [4.69, 9.17) is 37.9 Å². The van der Waals surface area contributed by atoms with E-state index in [0.29, 0.717) is 19.3 Å². The number of hydrogen-bond donors (Lipinski definition) is 4. The molecule has 3 fully saturated rings. The molecular weight excluding hydrogens is 780 g/mol. The molecule has 4 heterocycles. The highest BCUT2D eigenvalue weighted by Crippen LogP contribution is 2.37. The minimum Gasteiger partial charge on any atom is -0.493 e. The van der Waals surface area contributed by atoms with Crippen LogP contribution >= 0.6 is 0 Å². The molecule has 4 aliphatic rings. The Kier molecular flexibility index (Phi) is 19.2. The zero-order chi connectivity index (χ0) is 44.5. The Hall–Kier alpha value is -2.32. The van der Waals surface area contributed by atoms with E-state index < -0.39 is 110 Å². The Morgan fingerprint density at radius 1 is 0.883 bits per heavy atom. The van der Waals surface area contributed by atoms with Crippen LogP contribution in [0, 0.1) is 11.8 Å². The summed E-state index contributed by atoms with van der Waals surface area (Å²) in [6.07, 6.45) is -1.04. The Labute approximate surface area is 356 Å². The number of ether oxygens (including phenoxy) is 8. The molecule has 0 aliphatic carbocycles. The molecule has 60 heavy (non-hydrogen) atoms. The van der Waals surface area contributed by atoms with Gasteiger partial charge in [-0.2, -0.15) is 0 Å². The standard InChI is InChI=1S/C44H74N2O14/c1-12-53-41-32(48)23-34(49)54-26(3)16-14-13-15-17-33(58-35-19-18-31(45(8)9)27(4)55-35)25(2)22-30(20-21-47)40(41)60-43-38(50)37(46(10)11)39(28(5)57-43)59-36-24-44(7,52)42(51)29(6)56-36/h12-15,17,21,25-33,35-43,48,50-52H,1,16,18-20,22-24H2,2-11H3/b14-13+,17-15+/t25-,26-,27-,28-,29+,30?,31+,32-,33+,35+,36+,37-,38-,39-,40+,41+,42+,43+,44-/m1/s1. The van der Waals surface area contributed by atoms with E-state index in [1.807, 2.05) is 52.2 Å². The molecule has 16 heteroatoms. The summed E-state index contributed by atoms with van der Waals surface area (Å²) in [6, 6.07) is -0.495. The highest BCUT2D eigenvalue weighted by Gasteiger charge is 2.52. The summed E-state index contributed by atoms with van der Waals surface area (Å²) in [6.45, 7) is 14.5. The number of carbonyl (C=O) groups is 2. The lowest BCUT2D eigenvalue weighted by Crippen LogP contribution is -2.65. The summed E-state index contributed by atoms with van der Waals surface area (Å²) in [4.78, 5) is 29.6. The van der Waals surface area contributed by atoms with Crippen molar-refractivity contribution in [2.24, 2.45) is 11.8 Å². The van der Waals surface area contributed by atoms with Gasteiger partial charge in [-0.15, -0.1) is 0 Å². The summed E-state index contributed by atoms with van der Waals surface area (Å²) in [5, 5.41) is 45.2. The molecule has 0 aromatic carbocycles. The van der Waals surface area contributed by atoms with Crippen molar-refractivity contribution in [2.45, 2.75) is 190 Å². The Morgan fingerprint density at radius 2 is 1.58 bits per heavy atom. The molecule has 4 rings (SSSR count). The van der Waals surface area contributed by atoms with Crippen molar-refractivity contribution in [1.29, 1.82) is 0 Å². The average Bonchev–Trinajstić information content (AvgIpc) is 3.15. The van der Waals surface area contributed by atoms with Gasteiger partial charge in [-0.05, 0) is 93.9 Å². The molecule has 16 nitrogen and oxygen atoms in total. The Bertz CT molecular complexity index is 1410. The van der Waals surface area contributed by atoms with Crippen LogP contribution in [0.5, 0.6) is 0 Å². The summed E-state index contributed by atoms with van der Waals surface area (Å²) in [5.41, 5.74) is -1.48. The number of nitrogens with zero attached hydrogens (tertiary/aromatic N) is 2. The van der Waals surface area contributed by atoms with Crippen LogP contribution in [-0.2, 0) is 47.5 Å². The van der Waals surface area contributed by atoms with Gasteiger partial charge in [0, 0.05) is 25.3 Å². The van der Waals surface area contributed by atoms with Crippen molar-refractivity contribution < 1.29 is 67.9 Å². The fourth-order valence-corrected chi connectivity index (χ4v) is 9.09. The molecule has 344 valence electrons. The molecule has 0 aromatic rings. The normalized spacial score (nSPS) is 45.1. The lowest BCUT2D eigenvalue weighted by Gasteiger charge is -2.50. The molecule has 19 atom stereocenters. The van der Waals surface area contributed by atoms with E-state index >= 15 is 0 Å². The zero-order valence-corrected chi connectivity index (χ0v) is 37.3. The Balaban J connectivity index is 1.69. The van der Waals surface area contributed by atoms with Gasteiger partial charge in [0.15, 0.2) is 25.0 Å². The van der Waals surface area contributed by atoms with E-state index in [1.165, 1.54) is 6.92 Å². The largest absolute Gasteiger partial charge is 0.493 e. The first-order chi connectivity index (χ1) is 28.3. The van der Waals surface area contributed by atoms with Crippen molar-refractivity contribution in [1.82, 2.24) is 9.80 Å². The second-order valence-electron chi connectivity index (χ2n) is 17.9. The number of likely N-dealkylation sites (N-methyl/N-ethyl adjacent to an activating group) is 2. The fourth-order valence-electron chi connectivity index (χ4n) is 9.09. The van der Waals surface area contributed by atoms with Crippen LogP contribution in [0.1, 0.15) is 86.5 Å². The van der Waals surface area contributed by atoms with Crippen LogP contribution in [0.2, 0.25) is 0 Å². The number of rotatable bonds is 12. The number of allylic oxidation sites excluding steroid dienone is 2. The van der Waals surface area contributed by atoms with Gasteiger partial charge in [-0.1, -0.05) is 37.8 Å². The molecule has 0 spiro atoms. The summed E-state index contributed by atoms with van der Waals surface area (Å²) >= 11 is 0. The van der Waals surface area contributed by atoms with Crippen molar-refractivity contribution >= 4 is 12.3 Å². The van der Waals surface area contributed by atoms with Crippen LogP contribution in [0.15, 0.2) is 37.1 Å². The van der Waals surface area contributed by atoms with Gasteiger partial charge in [0.05, 0.1) is 48.7 Å². The van der Waals surface area contributed by atoms with Crippen molar-refractivity contribution in [3.05, 3.63) is 37.1 Å². The molecule has 1 unspecified atom stereocenters. The van der Waals surface area contributed by atoms with Gasteiger partial charge >= 0.3 is 5.97 Å². The molecule has 0 aromatic heterocycles. The SMILES string of the molecule is C=CO[C@H]1[C@H](O)CC(=O)O[C@H](C)C/C=C/C=C/[C@H](O[C@H]2CC[C@H](N(C)C)[C@@H](C)O2)[C@H](C)CC(CC=O)[C@@H]1O[C@@H]1O[C@H](C)[C@@H](O[C@H]2C[C@@](C)(O)[C@@H](O)[C@H](C)O2)[C@H](N(C)C)[C@H]1O. The summed E-state index contributed by atoms with van der Waals surface area (Å²) in [5.74, 6) is -1.56. The van der Waals surface area contributed by atoms with Crippen LogP contribution in [0.3, 0.4) is 0 Å². The van der Waals surface area contributed by atoms with Crippen molar-refractivity contribution in [2.75, 3.05) is 28.2 Å². The molecule has 4 aliphatic heterocycles. The lowest BCUT2D eigenvalue weighted by atomic mass is 9.82. The first-order valence-corrected chi connectivity index (χ1v) is 21.5. The third-order valence-electron chi connectivity index (χ3n) is 12.4. The van der Waals surface area contributed by atoms with Gasteiger partial charge in [0.25, 0.3) is 0 Å². The van der Waals surface area contributed by atoms with Gasteiger partial charge < -0.3 is 72.9 Å². The van der Waals surface area contributed by atoms with E-state index in [-0.39, 0.29) is 30.9 Å². The highest BCUT2D eigenvalue weighted by molar-refractivity contribution is 5.70. The van der Waals surface area contributed by atoms with Gasteiger partial charge in [-0.3, -0.25) is 4.79 Å². The average molecular weight is 855 g/mol. The first-order valence-electron chi connectivity index (χ1n) is 21.5. The fraction of sp³-hybridized carbons (Fsp3) is 0.818. The predicted molar refractivity (Wildman–Crippen MR) is 221 cm³/mol. The van der Waals surface area contributed by atoms with E-state index in [9.17, 15) is 30.0 Å². The zero-order valence-electron chi connectivity index (χ0n) is 37.3. The second kappa shape index (κ2) is 22.9. The van der Waals surface area contributed by atoms with Gasteiger partial charge in [0.2, 0.25) is 0 Å². The summed E-state index contributed by atoms with van der Waals surface area (Å²) in [7, 11) is 7.62. The molecule has 3 saturated heterocycles. The smallest absolute Gasteiger partial charge is 0.308 e. The first kappa shape index (κ1) is 50.3. The highest BCUT2D eigenvalue weighted by atomic mass is 16.7. The number of aldehydes is 1. The molecule has 0 radical (unpaired) electrons. The number of hydrogen-bond acceptors (Lipinski definition) is 16. The molecular formula is C44H74N2O14. The van der Waals surface area contributed by atoms with Crippen LogP contribution in [0.4, 0.5) is 0 Å². The van der Waals surface area contributed by atoms with E-state index in [1.54, 1.807) is 39.8 Å². The topological polar surface area (TPSA) is 195 Å². The van der Waals surface area contributed by atoms with Crippen LogP contribution in [0.25, 0.3) is 0 Å².